The highest BCUT2D eigenvalue weighted by molar-refractivity contribution is 5.61. The number of benzene rings is 1. The van der Waals surface area contributed by atoms with E-state index in [2.05, 4.69) is 42.3 Å². The van der Waals surface area contributed by atoms with Crippen molar-refractivity contribution >= 4 is 11.6 Å². The first-order valence-corrected chi connectivity index (χ1v) is 8.73. The topological polar surface area (TPSA) is 50.3 Å². The number of hydrogen-bond donors (Lipinski definition) is 1. The maximum Gasteiger partial charge on any atom is 0.163 e. The molecule has 2 heterocycles. The van der Waals surface area contributed by atoms with E-state index in [0.717, 1.165) is 62.3 Å². The highest BCUT2D eigenvalue weighted by Crippen LogP contribution is 2.23. The fourth-order valence-corrected chi connectivity index (χ4v) is 2.68. The fraction of sp³-hybridized carbons (Fsp3) is 0.474. The molecule has 1 aliphatic heterocycles. The van der Waals surface area contributed by atoms with Gasteiger partial charge in [-0.2, -0.15) is 0 Å². The molecule has 0 amide bonds. The second-order valence-electron chi connectivity index (χ2n) is 6.51. The number of aromatic nitrogens is 2. The van der Waals surface area contributed by atoms with Crippen LogP contribution in [0.3, 0.4) is 0 Å². The van der Waals surface area contributed by atoms with Gasteiger partial charge in [0.2, 0.25) is 0 Å². The van der Waals surface area contributed by atoms with E-state index >= 15 is 0 Å². The van der Waals surface area contributed by atoms with Gasteiger partial charge in [-0.25, -0.2) is 9.97 Å². The number of hydrogen-bond acceptors (Lipinski definition) is 5. The van der Waals surface area contributed by atoms with Gasteiger partial charge in [0.1, 0.15) is 11.6 Å². The average Bonchev–Trinajstić information content (AvgIpc) is 2.63. The van der Waals surface area contributed by atoms with Gasteiger partial charge >= 0.3 is 0 Å². The third-order valence-electron chi connectivity index (χ3n) is 4.11. The molecule has 5 nitrogen and oxygen atoms in total. The second-order valence-corrected chi connectivity index (χ2v) is 6.51. The Morgan fingerprint density at radius 3 is 2.58 bits per heavy atom. The van der Waals surface area contributed by atoms with Crippen LogP contribution in [-0.4, -0.2) is 42.8 Å². The standard InChI is InChI=1S/C19H26N4O/c1-15(2)8-9-20-17-14-18(23-10-12-24-13-11-23)22-19(21-17)16-6-4-3-5-7-16/h3-7,14-15H,8-13H2,1-2H3,(H,20,21,22). The van der Waals surface area contributed by atoms with Crippen molar-refractivity contribution in [3.8, 4) is 11.4 Å². The Kier molecular flexibility index (Phi) is 5.64. The number of rotatable bonds is 6. The predicted octanol–water partition coefficient (Wildman–Crippen LogP) is 3.44. The Hall–Kier alpha value is -2.14. The number of anilines is 2. The Balaban J connectivity index is 1.86. The van der Waals surface area contributed by atoms with E-state index in [-0.39, 0.29) is 0 Å². The summed E-state index contributed by atoms with van der Waals surface area (Å²) >= 11 is 0. The van der Waals surface area contributed by atoms with Crippen LogP contribution in [-0.2, 0) is 4.74 Å². The van der Waals surface area contributed by atoms with Gasteiger partial charge in [-0.05, 0) is 12.3 Å². The molecule has 5 heteroatoms. The number of nitrogens with one attached hydrogen (secondary N) is 1. The van der Waals surface area contributed by atoms with Crippen molar-refractivity contribution in [3.05, 3.63) is 36.4 Å². The summed E-state index contributed by atoms with van der Waals surface area (Å²) in [6.07, 6.45) is 1.12. The van der Waals surface area contributed by atoms with Crippen LogP contribution in [0.5, 0.6) is 0 Å². The van der Waals surface area contributed by atoms with E-state index in [1.807, 2.05) is 18.2 Å². The first kappa shape index (κ1) is 16.7. The molecule has 0 bridgehead atoms. The normalized spacial score (nSPS) is 14.9. The molecule has 0 aliphatic carbocycles. The van der Waals surface area contributed by atoms with Crippen LogP contribution in [0.1, 0.15) is 20.3 Å². The Labute approximate surface area is 144 Å². The van der Waals surface area contributed by atoms with Gasteiger partial charge in [0, 0.05) is 31.3 Å². The highest BCUT2D eigenvalue weighted by atomic mass is 16.5. The SMILES string of the molecule is CC(C)CCNc1cc(N2CCOCC2)nc(-c2ccccc2)n1. The summed E-state index contributed by atoms with van der Waals surface area (Å²) < 4.78 is 5.46. The smallest absolute Gasteiger partial charge is 0.163 e. The molecule has 1 aromatic heterocycles. The van der Waals surface area contributed by atoms with Gasteiger partial charge in [0.05, 0.1) is 13.2 Å². The largest absolute Gasteiger partial charge is 0.378 e. The number of nitrogens with zero attached hydrogens (tertiary/aromatic N) is 3. The van der Waals surface area contributed by atoms with E-state index in [1.54, 1.807) is 0 Å². The Bertz CT molecular complexity index is 639. The quantitative estimate of drug-likeness (QED) is 0.881. The first-order chi connectivity index (χ1) is 11.7. The third kappa shape index (κ3) is 4.45. The lowest BCUT2D eigenvalue weighted by Gasteiger charge is -2.28. The van der Waals surface area contributed by atoms with Crippen molar-refractivity contribution in [1.82, 2.24) is 9.97 Å². The van der Waals surface area contributed by atoms with Crippen LogP contribution in [0.15, 0.2) is 36.4 Å². The van der Waals surface area contributed by atoms with E-state index < -0.39 is 0 Å². The molecule has 1 aromatic carbocycles. The van der Waals surface area contributed by atoms with Gasteiger partial charge in [0.15, 0.2) is 5.82 Å². The van der Waals surface area contributed by atoms with Crippen molar-refractivity contribution in [2.75, 3.05) is 43.1 Å². The van der Waals surface area contributed by atoms with E-state index in [9.17, 15) is 0 Å². The molecule has 0 unspecified atom stereocenters. The molecule has 1 saturated heterocycles. The van der Waals surface area contributed by atoms with Crippen LogP contribution >= 0.6 is 0 Å². The molecule has 0 atom stereocenters. The summed E-state index contributed by atoms with van der Waals surface area (Å²) in [6, 6.07) is 12.2. The van der Waals surface area contributed by atoms with Crippen molar-refractivity contribution in [1.29, 1.82) is 0 Å². The lowest BCUT2D eigenvalue weighted by molar-refractivity contribution is 0.122. The van der Waals surface area contributed by atoms with Gasteiger partial charge in [-0.15, -0.1) is 0 Å². The molecule has 1 fully saturated rings. The molecule has 3 rings (SSSR count). The van der Waals surface area contributed by atoms with Crippen molar-refractivity contribution in [3.63, 3.8) is 0 Å². The fourth-order valence-electron chi connectivity index (χ4n) is 2.68. The van der Waals surface area contributed by atoms with Gasteiger partial charge in [0.25, 0.3) is 0 Å². The summed E-state index contributed by atoms with van der Waals surface area (Å²) in [5.74, 6) is 3.31. The molecule has 1 aliphatic rings. The first-order valence-electron chi connectivity index (χ1n) is 8.73. The zero-order valence-electron chi connectivity index (χ0n) is 14.5. The molecule has 24 heavy (non-hydrogen) atoms. The maximum atomic E-state index is 5.46. The van der Waals surface area contributed by atoms with Crippen molar-refractivity contribution in [2.24, 2.45) is 5.92 Å². The summed E-state index contributed by atoms with van der Waals surface area (Å²) in [7, 11) is 0. The van der Waals surface area contributed by atoms with E-state index in [4.69, 9.17) is 14.7 Å². The molecular weight excluding hydrogens is 300 g/mol. The van der Waals surface area contributed by atoms with Crippen LogP contribution in [0.2, 0.25) is 0 Å². The van der Waals surface area contributed by atoms with Crippen LogP contribution in [0, 0.1) is 5.92 Å². The number of ether oxygens (including phenoxy) is 1. The summed E-state index contributed by atoms with van der Waals surface area (Å²) in [6.45, 7) is 8.63. The Morgan fingerprint density at radius 2 is 1.88 bits per heavy atom. The highest BCUT2D eigenvalue weighted by Gasteiger charge is 2.15. The molecular formula is C19H26N4O. The predicted molar refractivity (Wildman–Crippen MR) is 98.4 cm³/mol. The van der Waals surface area contributed by atoms with Gasteiger partial charge in [-0.3, -0.25) is 0 Å². The third-order valence-corrected chi connectivity index (χ3v) is 4.11. The van der Waals surface area contributed by atoms with Crippen molar-refractivity contribution < 1.29 is 4.74 Å². The minimum Gasteiger partial charge on any atom is -0.378 e. The molecule has 2 aromatic rings. The van der Waals surface area contributed by atoms with E-state index in [1.165, 1.54) is 0 Å². The monoisotopic (exact) mass is 326 g/mol. The minimum absolute atomic E-state index is 0.673. The minimum atomic E-state index is 0.673. The average molecular weight is 326 g/mol. The summed E-state index contributed by atoms with van der Waals surface area (Å²) in [5.41, 5.74) is 1.04. The summed E-state index contributed by atoms with van der Waals surface area (Å²) in [4.78, 5) is 11.8. The zero-order valence-corrected chi connectivity index (χ0v) is 14.5. The molecule has 0 saturated carbocycles. The maximum absolute atomic E-state index is 5.46. The molecule has 0 radical (unpaired) electrons. The molecule has 128 valence electrons. The lowest BCUT2D eigenvalue weighted by atomic mass is 10.1. The van der Waals surface area contributed by atoms with Crippen LogP contribution in [0.4, 0.5) is 11.6 Å². The van der Waals surface area contributed by atoms with Gasteiger partial charge in [-0.1, -0.05) is 44.2 Å². The number of morpholine rings is 1. The van der Waals surface area contributed by atoms with Crippen LogP contribution < -0.4 is 10.2 Å². The summed E-state index contributed by atoms with van der Waals surface area (Å²) in [5, 5.41) is 3.46. The van der Waals surface area contributed by atoms with Crippen LogP contribution in [0.25, 0.3) is 11.4 Å². The lowest BCUT2D eigenvalue weighted by Crippen LogP contribution is -2.36. The molecule has 1 N–H and O–H groups in total. The van der Waals surface area contributed by atoms with Crippen molar-refractivity contribution in [2.45, 2.75) is 20.3 Å². The van der Waals surface area contributed by atoms with E-state index in [0.29, 0.717) is 5.92 Å². The van der Waals surface area contributed by atoms with Gasteiger partial charge < -0.3 is 15.0 Å². The second kappa shape index (κ2) is 8.11. The Morgan fingerprint density at radius 1 is 1.12 bits per heavy atom. The zero-order chi connectivity index (χ0) is 16.8. The molecule has 0 spiro atoms.